The summed E-state index contributed by atoms with van der Waals surface area (Å²) in [6.07, 6.45) is 0.604. The lowest BCUT2D eigenvalue weighted by atomic mass is 10.2. The van der Waals surface area contributed by atoms with E-state index in [1.807, 2.05) is 0 Å². The number of hydrogen-bond acceptors (Lipinski definition) is 3. The summed E-state index contributed by atoms with van der Waals surface area (Å²) in [6, 6.07) is 4.30. The van der Waals surface area contributed by atoms with Crippen molar-refractivity contribution < 1.29 is 14.3 Å². The van der Waals surface area contributed by atoms with Gasteiger partial charge in [0.05, 0.1) is 6.61 Å². The van der Waals surface area contributed by atoms with Crippen LogP contribution in [0.25, 0.3) is 0 Å². The number of carbonyl (C=O) groups excluding carboxylic acids is 1. The van der Waals surface area contributed by atoms with Gasteiger partial charge >= 0.3 is 0 Å². The number of rotatable bonds is 4. The second-order valence-electron chi connectivity index (χ2n) is 2.92. The third kappa shape index (κ3) is 2.82. The lowest BCUT2D eigenvalue weighted by Gasteiger charge is -2.08. The highest BCUT2D eigenvalue weighted by molar-refractivity contribution is 8.00. The first-order valence-electron chi connectivity index (χ1n) is 4.19. The fourth-order valence-corrected chi connectivity index (χ4v) is 1.77. The minimum Gasteiger partial charge on any atom is -0.395 e. The topological polar surface area (TPSA) is 37.3 Å². The second kappa shape index (κ2) is 5.12. The largest absolute Gasteiger partial charge is 0.395 e. The van der Waals surface area contributed by atoms with Crippen LogP contribution >= 0.6 is 11.8 Å². The van der Waals surface area contributed by atoms with Crippen LogP contribution in [0.15, 0.2) is 23.1 Å². The van der Waals surface area contributed by atoms with Crippen molar-refractivity contribution in [2.45, 2.75) is 17.1 Å². The Labute approximate surface area is 86.1 Å². The van der Waals surface area contributed by atoms with E-state index in [0.717, 1.165) is 0 Å². The van der Waals surface area contributed by atoms with Gasteiger partial charge in [-0.1, -0.05) is 13.0 Å². The van der Waals surface area contributed by atoms with Gasteiger partial charge in [-0.15, -0.1) is 11.8 Å². The molecule has 0 radical (unpaired) electrons. The number of halogens is 1. The van der Waals surface area contributed by atoms with Crippen LogP contribution in [0, 0.1) is 5.82 Å². The Morgan fingerprint density at radius 2 is 2.36 bits per heavy atom. The van der Waals surface area contributed by atoms with Gasteiger partial charge in [0.1, 0.15) is 12.1 Å². The van der Waals surface area contributed by atoms with Crippen molar-refractivity contribution in [2.24, 2.45) is 0 Å². The summed E-state index contributed by atoms with van der Waals surface area (Å²) in [5, 5.41) is 8.74. The Balaban J connectivity index is 2.83. The summed E-state index contributed by atoms with van der Waals surface area (Å²) >= 11 is 1.25. The fourth-order valence-electron chi connectivity index (χ4n) is 0.940. The van der Waals surface area contributed by atoms with Crippen LogP contribution in [-0.2, 0) is 0 Å². The average molecular weight is 214 g/mol. The SMILES string of the molecule is CC(CO)Sc1ccc(C=O)cc1F. The van der Waals surface area contributed by atoms with Crippen molar-refractivity contribution in [1.82, 2.24) is 0 Å². The van der Waals surface area contributed by atoms with Gasteiger partial charge in [-0.25, -0.2) is 4.39 Å². The summed E-state index contributed by atoms with van der Waals surface area (Å²) in [5.74, 6) is -0.417. The molecule has 0 saturated heterocycles. The predicted octanol–water partition coefficient (Wildman–Crippen LogP) is 2.11. The number of benzene rings is 1. The summed E-state index contributed by atoms with van der Waals surface area (Å²) in [6.45, 7) is 1.80. The van der Waals surface area contributed by atoms with Crippen molar-refractivity contribution in [1.29, 1.82) is 0 Å². The average Bonchev–Trinajstić information content (AvgIpc) is 2.20. The lowest BCUT2D eigenvalue weighted by Crippen LogP contribution is -2.02. The molecule has 1 aromatic carbocycles. The van der Waals surface area contributed by atoms with E-state index in [1.165, 1.54) is 17.8 Å². The molecule has 0 bridgehead atoms. The first-order valence-corrected chi connectivity index (χ1v) is 5.07. The molecule has 1 rings (SSSR count). The van der Waals surface area contributed by atoms with E-state index in [1.54, 1.807) is 19.1 Å². The van der Waals surface area contributed by atoms with Crippen LogP contribution in [0.2, 0.25) is 0 Å². The summed E-state index contributed by atoms with van der Waals surface area (Å²) < 4.78 is 13.3. The molecule has 0 aliphatic rings. The zero-order valence-electron chi connectivity index (χ0n) is 7.74. The van der Waals surface area contributed by atoms with E-state index in [-0.39, 0.29) is 11.9 Å². The Morgan fingerprint density at radius 3 is 2.86 bits per heavy atom. The van der Waals surface area contributed by atoms with Gasteiger partial charge in [-0.3, -0.25) is 4.79 Å². The molecule has 1 unspecified atom stereocenters. The van der Waals surface area contributed by atoms with Gasteiger partial charge in [0.25, 0.3) is 0 Å². The molecule has 76 valence electrons. The zero-order chi connectivity index (χ0) is 10.6. The van der Waals surface area contributed by atoms with E-state index in [9.17, 15) is 9.18 Å². The van der Waals surface area contributed by atoms with Crippen molar-refractivity contribution in [3.63, 3.8) is 0 Å². The molecular weight excluding hydrogens is 203 g/mol. The molecule has 0 amide bonds. The van der Waals surface area contributed by atoms with E-state index in [4.69, 9.17) is 5.11 Å². The van der Waals surface area contributed by atoms with Gasteiger partial charge in [0.2, 0.25) is 0 Å². The van der Waals surface area contributed by atoms with Crippen molar-refractivity contribution >= 4 is 18.0 Å². The molecule has 0 spiro atoms. The minimum absolute atomic E-state index is 0.000458. The molecule has 0 aromatic heterocycles. The third-order valence-electron chi connectivity index (χ3n) is 1.68. The maximum Gasteiger partial charge on any atom is 0.150 e. The summed E-state index contributed by atoms with van der Waals surface area (Å²) in [4.78, 5) is 10.8. The van der Waals surface area contributed by atoms with Gasteiger partial charge in [-0.05, 0) is 12.1 Å². The van der Waals surface area contributed by atoms with E-state index < -0.39 is 5.82 Å². The number of carbonyl (C=O) groups is 1. The van der Waals surface area contributed by atoms with Crippen LogP contribution in [0.5, 0.6) is 0 Å². The minimum atomic E-state index is -0.417. The fraction of sp³-hybridized carbons (Fsp3) is 0.300. The predicted molar refractivity (Wildman–Crippen MR) is 54.2 cm³/mol. The number of thioether (sulfide) groups is 1. The summed E-state index contributed by atoms with van der Waals surface area (Å²) in [7, 11) is 0. The number of hydrogen-bond donors (Lipinski definition) is 1. The van der Waals surface area contributed by atoms with Crippen LogP contribution < -0.4 is 0 Å². The second-order valence-corrected chi connectivity index (χ2v) is 4.40. The number of aldehydes is 1. The first kappa shape index (κ1) is 11.2. The first-order chi connectivity index (χ1) is 6.67. The number of aliphatic hydroxyl groups is 1. The van der Waals surface area contributed by atoms with Gasteiger partial charge < -0.3 is 5.11 Å². The molecule has 14 heavy (non-hydrogen) atoms. The van der Waals surface area contributed by atoms with Crippen LogP contribution in [0.4, 0.5) is 4.39 Å². The summed E-state index contributed by atoms with van der Waals surface area (Å²) in [5.41, 5.74) is 0.323. The molecule has 1 atom stereocenters. The van der Waals surface area contributed by atoms with Crippen molar-refractivity contribution in [3.8, 4) is 0 Å². The quantitative estimate of drug-likeness (QED) is 0.616. The van der Waals surface area contributed by atoms with Gasteiger partial charge in [0, 0.05) is 15.7 Å². The molecule has 0 aliphatic carbocycles. The van der Waals surface area contributed by atoms with E-state index >= 15 is 0 Å². The smallest absolute Gasteiger partial charge is 0.150 e. The van der Waals surface area contributed by atoms with Crippen molar-refractivity contribution in [2.75, 3.05) is 6.61 Å². The highest BCUT2D eigenvalue weighted by Gasteiger charge is 2.08. The Kier molecular flexibility index (Phi) is 4.10. The highest BCUT2D eigenvalue weighted by atomic mass is 32.2. The standard InChI is InChI=1S/C10H11FO2S/c1-7(5-12)14-10-3-2-8(6-13)4-9(10)11/h2-4,6-7,12H,5H2,1H3. The molecule has 0 fully saturated rings. The van der Waals surface area contributed by atoms with Gasteiger partial charge in [0.15, 0.2) is 0 Å². The third-order valence-corrected chi connectivity index (χ3v) is 2.81. The molecular formula is C10H11FO2S. The Bertz CT molecular complexity index is 328. The Hall–Kier alpha value is -0.870. The van der Waals surface area contributed by atoms with Crippen LogP contribution in [0.3, 0.4) is 0 Å². The highest BCUT2D eigenvalue weighted by Crippen LogP contribution is 2.25. The molecule has 1 N–H and O–H groups in total. The monoisotopic (exact) mass is 214 g/mol. The molecule has 1 aromatic rings. The normalized spacial score (nSPS) is 12.5. The lowest BCUT2D eigenvalue weighted by molar-refractivity contribution is 0.112. The van der Waals surface area contributed by atoms with E-state index in [0.29, 0.717) is 16.7 Å². The molecule has 2 nitrogen and oxygen atoms in total. The maximum atomic E-state index is 13.3. The van der Waals surface area contributed by atoms with Crippen LogP contribution in [-0.4, -0.2) is 23.2 Å². The van der Waals surface area contributed by atoms with E-state index in [2.05, 4.69) is 0 Å². The molecule has 0 aliphatic heterocycles. The zero-order valence-corrected chi connectivity index (χ0v) is 8.55. The van der Waals surface area contributed by atoms with Crippen LogP contribution in [0.1, 0.15) is 17.3 Å². The van der Waals surface area contributed by atoms with Crippen molar-refractivity contribution in [3.05, 3.63) is 29.6 Å². The molecule has 0 heterocycles. The Morgan fingerprint density at radius 1 is 1.64 bits per heavy atom. The number of aliphatic hydroxyl groups excluding tert-OH is 1. The van der Waals surface area contributed by atoms with Gasteiger partial charge in [-0.2, -0.15) is 0 Å². The maximum absolute atomic E-state index is 13.3. The molecule has 0 saturated carbocycles. The molecule has 4 heteroatoms.